The molecule has 1 fully saturated rings. The summed E-state index contributed by atoms with van der Waals surface area (Å²) < 4.78 is 0. The van der Waals surface area contributed by atoms with Gasteiger partial charge >= 0.3 is 0 Å². The van der Waals surface area contributed by atoms with E-state index in [2.05, 4.69) is 15.3 Å². The first-order chi connectivity index (χ1) is 7.90. The van der Waals surface area contributed by atoms with Gasteiger partial charge in [-0.1, -0.05) is 6.42 Å². The summed E-state index contributed by atoms with van der Waals surface area (Å²) in [7, 11) is 0. The molecule has 2 heterocycles. The Morgan fingerprint density at radius 3 is 3.06 bits per heavy atom. The average Bonchev–Trinajstić information content (AvgIpc) is 2.38. The fraction of sp³-hybridized carbons (Fsp3) is 0.545. The summed E-state index contributed by atoms with van der Waals surface area (Å²) in [5.41, 5.74) is 0.378. The smallest absolute Gasteiger partial charge is 0.182 e. The highest BCUT2D eigenvalue weighted by molar-refractivity contribution is 7.99. The molecule has 0 aromatic carbocycles. The summed E-state index contributed by atoms with van der Waals surface area (Å²) in [6, 6.07) is 2.04. The lowest BCUT2D eigenvalue weighted by Gasteiger charge is -2.21. The van der Waals surface area contributed by atoms with Gasteiger partial charge < -0.3 is 5.32 Å². The minimum atomic E-state index is 0.378. The maximum absolute atomic E-state index is 8.86. The van der Waals surface area contributed by atoms with Gasteiger partial charge in [0.2, 0.25) is 0 Å². The molecule has 1 unspecified atom stereocenters. The largest absolute Gasteiger partial charge is 0.367 e. The van der Waals surface area contributed by atoms with Crippen LogP contribution in [-0.2, 0) is 0 Å². The topological polar surface area (TPSA) is 61.6 Å². The third kappa shape index (κ3) is 2.86. The summed E-state index contributed by atoms with van der Waals surface area (Å²) in [6.45, 7) is 0.873. The van der Waals surface area contributed by atoms with E-state index in [-0.39, 0.29) is 0 Å². The zero-order valence-electron chi connectivity index (χ0n) is 9.02. The van der Waals surface area contributed by atoms with Crippen LogP contribution in [0.1, 0.15) is 25.0 Å². The maximum atomic E-state index is 8.86. The van der Waals surface area contributed by atoms with Gasteiger partial charge in [-0.25, -0.2) is 9.97 Å². The van der Waals surface area contributed by atoms with Gasteiger partial charge in [-0.2, -0.15) is 17.0 Å². The normalized spacial score (nSPS) is 20.1. The number of hydrogen-bond acceptors (Lipinski definition) is 5. The lowest BCUT2D eigenvalue weighted by Crippen LogP contribution is -2.21. The molecule has 1 aromatic rings. The molecule has 1 aromatic heterocycles. The summed E-state index contributed by atoms with van der Waals surface area (Å²) in [6.07, 6.45) is 7.04. The van der Waals surface area contributed by atoms with E-state index in [1.165, 1.54) is 25.0 Å². The summed E-state index contributed by atoms with van der Waals surface area (Å²) in [4.78, 5) is 8.10. The molecule has 4 nitrogen and oxygen atoms in total. The van der Waals surface area contributed by atoms with Gasteiger partial charge in [-0.05, 0) is 18.6 Å². The minimum absolute atomic E-state index is 0.378. The van der Waals surface area contributed by atoms with Crippen molar-refractivity contribution in [3.05, 3.63) is 18.1 Å². The first-order valence-electron chi connectivity index (χ1n) is 5.46. The van der Waals surface area contributed by atoms with Crippen LogP contribution in [0.2, 0.25) is 0 Å². The number of hydrogen-bond donors (Lipinski definition) is 1. The SMILES string of the molecule is N#Cc1nccnc1NCC1CCCCS1. The third-order valence-corrected chi connectivity index (χ3v) is 3.97. The number of nitrogens with zero attached hydrogens (tertiary/aromatic N) is 3. The van der Waals surface area contributed by atoms with Gasteiger partial charge in [0, 0.05) is 24.2 Å². The molecule has 1 N–H and O–H groups in total. The van der Waals surface area contributed by atoms with Crippen LogP contribution < -0.4 is 5.32 Å². The van der Waals surface area contributed by atoms with Crippen LogP contribution in [0.5, 0.6) is 0 Å². The molecule has 0 amide bonds. The number of nitriles is 1. The van der Waals surface area contributed by atoms with Crippen molar-refractivity contribution in [3.8, 4) is 6.07 Å². The molecule has 1 aliphatic rings. The molecule has 16 heavy (non-hydrogen) atoms. The Morgan fingerprint density at radius 2 is 2.31 bits per heavy atom. The number of anilines is 1. The average molecular weight is 234 g/mol. The lowest BCUT2D eigenvalue weighted by molar-refractivity contribution is 0.676. The van der Waals surface area contributed by atoms with Gasteiger partial charge in [0.25, 0.3) is 0 Å². The van der Waals surface area contributed by atoms with E-state index in [4.69, 9.17) is 5.26 Å². The molecule has 5 heteroatoms. The standard InChI is InChI=1S/C11H14N4S/c12-7-10-11(14-5-4-13-10)15-8-9-3-1-2-6-16-9/h4-5,9H,1-3,6,8H2,(H,14,15). The Kier molecular flexibility index (Phi) is 4.00. The molecule has 1 saturated heterocycles. The quantitative estimate of drug-likeness (QED) is 0.867. The first-order valence-corrected chi connectivity index (χ1v) is 6.51. The van der Waals surface area contributed by atoms with Crippen molar-refractivity contribution in [2.24, 2.45) is 0 Å². The van der Waals surface area contributed by atoms with E-state index >= 15 is 0 Å². The van der Waals surface area contributed by atoms with Crippen LogP contribution in [0.4, 0.5) is 5.82 Å². The van der Waals surface area contributed by atoms with Crippen LogP contribution in [0, 0.1) is 11.3 Å². The lowest BCUT2D eigenvalue weighted by atomic mass is 10.2. The van der Waals surface area contributed by atoms with E-state index in [1.54, 1.807) is 12.4 Å². The monoisotopic (exact) mass is 234 g/mol. The van der Waals surface area contributed by atoms with Crippen molar-refractivity contribution in [1.82, 2.24) is 9.97 Å². The van der Waals surface area contributed by atoms with Gasteiger partial charge in [-0.15, -0.1) is 0 Å². The molecule has 1 aliphatic heterocycles. The van der Waals surface area contributed by atoms with Gasteiger partial charge in [0.1, 0.15) is 6.07 Å². The van der Waals surface area contributed by atoms with E-state index in [1.807, 2.05) is 17.8 Å². The number of rotatable bonds is 3. The molecule has 2 rings (SSSR count). The first kappa shape index (κ1) is 11.2. The summed E-state index contributed by atoms with van der Waals surface area (Å²) in [5.74, 6) is 1.86. The fourth-order valence-corrected chi connectivity index (χ4v) is 2.97. The highest BCUT2D eigenvalue weighted by atomic mass is 32.2. The zero-order chi connectivity index (χ0) is 11.2. The Labute approximate surface area is 99.5 Å². The highest BCUT2D eigenvalue weighted by Gasteiger charge is 2.14. The molecule has 0 bridgehead atoms. The third-order valence-electron chi connectivity index (χ3n) is 2.58. The number of nitrogens with one attached hydrogen (secondary N) is 1. The van der Waals surface area contributed by atoms with Crippen LogP contribution in [0.3, 0.4) is 0 Å². The Balaban J connectivity index is 1.91. The highest BCUT2D eigenvalue weighted by Crippen LogP contribution is 2.25. The van der Waals surface area contributed by atoms with Crippen molar-refractivity contribution in [3.63, 3.8) is 0 Å². The molecule has 0 spiro atoms. The Morgan fingerprint density at radius 1 is 1.44 bits per heavy atom. The summed E-state index contributed by atoms with van der Waals surface area (Å²) in [5, 5.41) is 12.7. The molecule has 84 valence electrons. The van der Waals surface area contributed by atoms with Crippen molar-refractivity contribution in [1.29, 1.82) is 5.26 Å². The molecule has 1 atom stereocenters. The molecule has 0 saturated carbocycles. The Hall–Kier alpha value is -1.28. The van der Waals surface area contributed by atoms with Crippen LogP contribution >= 0.6 is 11.8 Å². The van der Waals surface area contributed by atoms with Crippen molar-refractivity contribution < 1.29 is 0 Å². The van der Waals surface area contributed by atoms with Gasteiger partial charge in [-0.3, -0.25) is 0 Å². The fourth-order valence-electron chi connectivity index (χ4n) is 1.73. The molecular weight excluding hydrogens is 220 g/mol. The van der Waals surface area contributed by atoms with E-state index in [9.17, 15) is 0 Å². The second kappa shape index (κ2) is 5.71. The van der Waals surface area contributed by atoms with E-state index in [0.29, 0.717) is 16.8 Å². The second-order valence-corrected chi connectivity index (χ2v) is 5.14. The molecule has 0 radical (unpaired) electrons. The van der Waals surface area contributed by atoms with E-state index < -0.39 is 0 Å². The minimum Gasteiger partial charge on any atom is -0.367 e. The summed E-state index contributed by atoms with van der Waals surface area (Å²) >= 11 is 2.00. The van der Waals surface area contributed by atoms with Crippen molar-refractivity contribution >= 4 is 17.6 Å². The molecule has 0 aliphatic carbocycles. The van der Waals surface area contributed by atoms with Crippen molar-refractivity contribution in [2.45, 2.75) is 24.5 Å². The van der Waals surface area contributed by atoms with Crippen LogP contribution in [0.15, 0.2) is 12.4 Å². The zero-order valence-corrected chi connectivity index (χ0v) is 9.83. The molecular formula is C11H14N4S. The predicted molar refractivity (Wildman–Crippen MR) is 65.3 cm³/mol. The maximum Gasteiger partial charge on any atom is 0.182 e. The number of aromatic nitrogens is 2. The van der Waals surface area contributed by atoms with E-state index in [0.717, 1.165) is 6.54 Å². The van der Waals surface area contributed by atoms with Crippen LogP contribution in [0.25, 0.3) is 0 Å². The van der Waals surface area contributed by atoms with Gasteiger partial charge in [0.15, 0.2) is 11.5 Å². The second-order valence-electron chi connectivity index (χ2n) is 3.73. The van der Waals surface area contributed by atoms with Crippen LogP contribution in [-0.4, -0.2) is 27.5 Å². The Bertz CT molecular complexity index is 382. The number of thioether (sulfide) groups is 1. The van der Waals surface area contributed by atoms with Crippen molar-refractivity contribution in [2.75, 3.05) is 17.6 Å². The van der Waals surface area contributed by atoms with Gasteiger partial charge in [0.05, 0.1) is 0 Å². The predicted octanol–water partition coefficient (Wildman–Crippen LogP) is 2.05.